The highest BCUT2D eigenvalue weighted by Gasteiger charge is 2.13. The van der Waals surface area contributed by atoms with Gasteiger partial charge in [-0.3, -0.25) is 10.1 Å². The molecule has 0 saturated heterocycles. The average Bonchev–Trinajstić information content (AvgIpc) is 2.48. The van der Waals surface area contributed by atoms with Gasteiger partial charge in [-0.2, -0.15) is 0 Å². The lowest BCUT2D eigenvalue weighted by Crippen LogP contribution is -2.43. The first kappa shape index (κ1) is 16.3. The number of primary amides is 1. The summed E-state index contributed by atoms with van der Waals surface area (Å²) in [5.41, 5.74) is 5.54. The van der Waals surface area contributed by atoms with Gasteiger partial charge in [0, 0.05) is 11.8 Å². The van der Waals surface area contributed by atoms with Crippen molar-refractivity contribution < 1.29 is 18.7 Å². The first-order chi connectivity index (χ1) is 10.9. The number of nitrogens with two attached hydrogens (primary N) is 1. The Bertz CT molecular complexity index is 704. The summed E-state index contributed by atoms with van der Waals surface area (Å²) in [6, 6.07) is 11.0. The first-order valence-electron chi connectivity index (χ1n) is 6.84. The zero-order chi connectivity index (χ0) is 16.8. The number of hydrogen-bond donors (Lipinski definition) is 3. The van der Waals surface area contributed by atoms with Gasteiger partial charge in [-0.15, -0.1) is 0 Å². The van der Waals surface area contributed by atoms with E-state index in [4.69, 9.17) is 10.5 Å². The maximum atomic E-state index is 13.1. The molecule has 0 aliphatic carbocycles. The topological polar surface area (TPSA) is 93.4 Å². The van der Waals surface area contributed by atoms with E-state index >= 15 is 0 Å². The molecule has 0 aliphatic rings. The number of rotatable bonds is 5. The summed E-state index contributed by atoms with van der Waals surface area (Å²) in [4.78, 5) is 22.2. The lowest BCUT2D eigenvalue weighted by atomic mass is 10.2. The Labute approximate surface area is 132 Å². The second-order valence-corrected chi connectivity index (χ2v) is 4.80. The van der Waals surface area contributed by atoms with E-state index in [0.717, 1.165) is 0 Å². The molecule has 0 aliphatic heterocycles. The smallest absolute Gasteiger partial charge is 0.318 e. The average molecular weight is 317 g/mol. The summed E-state index contributed by atoms with van der Waals surface area (Å²) in [6.07, 6.45) is 0. The minimum atomic E-state index is -0.900. The van der Waals surface area contributed by atoms with Crippen LogP contribution in [0.4, 0.5) is 14.9 Å². The summed E-state index contributed by atoms with van der Waals surface area (Å²) in [5.74, 6) is 0.00275. The second-order valence-electron chi connectivity index (χ2n) is 4.80. The van der Waals surface area contributed by atoms with Gasteiger partial charge in [0.1, 0.15) is 23.4 Å². The summed E-state index contributed by atoms with van der Waals surface area (Å²) < 4.78 is 18.6. The molecule has 1 atom stereocenters. The summed E-state index contributed by atoms with van der Waals surface area (Å²) in [7, 11) is 0. The third-order valence-corrected chi connectivity index (χ3v) is 2.91. The van der Waals surface area contributed by atoms with Gasteiger partial charge in [-0.1, -0.05) is 6.07 Å². The molecule has 3 amide bonds. The molecule has 0 heterocycles. The normalized spacial score (nSPS) is 11.4. The number of ether oxygens (including phenoxy) is 1. The van der Waals surface area contributed by atoms with Gasteiger partial charge >= 0.3 is 6.03 Å². The highest BCUT2D eigenvalue weighted by Crippen LogP contribution is 2.23. The van der Waals surface area contributed by atoms with Crippen molar-refractivity contribution in [2.45, 2.75) is 13.0 Å². The largest absolute Gasteiger partial charge is 0.457 e. The minimum Gasteiger partial charge on any atom is -0.457 e. The SMILES string of the molecule is CC(Nc1ccc(Oc2cccc(F)c2)cc1)C(=O)NC(N)=O. The Morgan fingerprint density at radius 2 is 1.83 bits per heavy atom. The zero-order valence-electron chi connectivity index (χ0n) is 12.4. The molecule has 1 unspecified atom stereocenters. The molecule has 23 heavy (non-hydrogen) atoms. The molecule has 2 aromatic rings. The molecule has 2 rings (SSSR count). The van der Waals surface area contributed by atoms with Gasteiger partial charge < -0.3 is 15.8 Å². The molecule has 0 saturated carbocycles. The van der Waals surface area contributed by atoms with Gasteiger partial charge in [-0.25, -0.2) is 9.18 Å². The van der Waals surface area contributed by atoms with Crippen LogP contribution in [0.5, 0.6) is 11.5 Å². The predicted molar refractivity (Wildman–Crippen MR) is 83.7 cm³/mol. The van der Waals surface area contributed by atoms with Crippen molar-refractivity contribution in [3.63, 3.8) is 0 Å². The molecular formula is C16H16FN3O3. The van der Waals surface area contributed by atoms with Crippen LogP contribution in [0.25, 0.3) is 0 Å². The van der Waals surface area contributed by atoms with Crippen LogP contribution < -0.4 is 21.1 Å². The molecule has 0 fully saturated rings. The van der Waals surface area contributed by atoms with Crippen molar-refractivity contribution in [2.24, 2.45) is 5.73 Å². The maximum absolute atomic E-state index is 13.1. The van der Waals surface area contributed by atoms with E-state index in [1.54, 1.807) is 43.3 Å². The summed E-state index contributed by atoms with van der Waals surface area (Å²) >= 11 is 0. The van der Waals surface area contributed by atoms with Crippen molar-refractivity contribution in [1.82, 2.24) is 5.32 Å². The fraction of sp³-hybridized carbons (Fsp3) is 0.125. The Kier molecular flexibility index (Phi) is 5.14. The number of carbonyl (C=O) groups is 2. The van der Waals surface area contributed by atoms with Crippen LogP contribution in [0.3, 0.4) is 0 Å². The molecule has 0 aromatic heterocycles. The molecule has 4 N–H and O–H groups in total. The van der Waals surface area contributed by atoms with Gasteiger partial charge in [-0.05, 0) is 43.3 Å². The predicted octanol–water partition coefficient (Wildman–Crippen LogP) is 2.61. The van der Waals surface area contributed by atoms with E-state index in [-0.39, 0.29) is 5.82 Å². The standard InChI is InChI=1S/C16H16FN3O3/c1-10(15(21)20-16(18)22)19-12-5-7-13(8-6-12)23-14-4-2-3-11(17)9-14/h2-10,19H,1H3,(H3,18,20,21,22). The van der Waals surface area contributed by atoms with Crippen molar-refractivity contribution >= 4 is 17.6 Å². The van der Waals surface area contributed by atoms with Crippen LogP contribution in [0.1, 0.15) is 6.92 Å². The van der Waals surface area contributed by atoms with E-state index in [0.29, 0.717) is 17.2 Å². The first-order valence-corrected chi connectivity index (χ1v) is 6.84. The minimum absolute atomic E-state index is 0.380. The van der Waals surface area contributed by atoms with Crippen LogP contribution in [0.2, 0.25) is 0 Å². The lowest BCUT2D eigenvalue weighted by molar-refractivity contribution is -0.120. The van der Waals surface area contributed by atoms with Crippen LogP contribution in [0, 0.1) is 5.82 Å². The fourth-order valence-electron chi connectivity index (χ4n) is 1.83. The molecule has 2 aromatic carbocycles. The van der Waals surface area contributed by atoms with E-state index in [9.17, 15) is 14.0 Å². The van der Waals surface area contributed by atoms with Crippen molar-refractivity contribution in [1.29, 1.82) is 0 Å². The van der Waals surface area contributed by atoms with Crippen LogP contribution in [-0.4, -0.2) is 18.0 Å². The Morgan fingerprint density at radius 1 is 1.13 bits per heavy atom. The van der Waals surface area contributed by atoms with Crippen LogP contribution in [0.15, 0.2) is 48.5 Å². The Hall–Kier alpha value is -3.09. The van der Waals surface area contributed by atoms with E-state index in [1.165, 1.54) is 12.1 Å². The Morgan fingerprint density at radius 3 is 2.43 bits per heavy atom. The van der Waals surface area contributed by atoms with E-state index in [1.807, 2.05) is 5.32 Å². The Balaban J connectivity index is 1.96. The number of benzene rings is 2. The zero-order valence-corrected chi connectivity index (χ0v) is 12.4. The third kappa shape index (κ3) is 4.99. The van der Waals surface area contributed by atoms with Gasteiger partial charge in [0.05, 0.1) is 0 Å². The lowest BCUT2D eigenvalue weighted by Gasteiger charge is -2.14. The molecule has 0 spiro atoms. The number of anilines is 1. The number of hydrogen-bond acceptors (Lipinski definition) is 4. The molecule has 0 bridgehead atoms. The van der Waals surface area contributed by atoms with Gasteiger partial charge in [0.2, 0.25) is 5.91 Å². The summed E-state index contributed by atoms with van der Waals surface area (Å²) in [5, 5.41) is 4.90. The molecule has 6 nitrogen and oxygen atoms in total. The quantitative estimate of drug-likeness (QED) is 0.790. The molecule has 7 heteroatoms. The second kappa shape index (κ2) is 7.26. The fourth-order valence-corrected chi connectivity index (χ4v) is 1.83. The third-order valence-electron chi connectivity index (χ3n) is 2.91. The van der Waals surface area contributed by atoms with Gasteiger partial charge in [0.15, 0.2) is 0 Å². The molecular weight excluding hydrogens is 301 g/mol. The summed E-state index contributed by atoms with van der Waals surface area (Å²) in [6.45, 7) is 1.59. The number of nitrogens with one attached hydrogen (secondary N) is 2. The van der Waals surface area contributed by atoms with E-state index in [2.05, 4.69) is 5.32 Å². The monoisotopic (exact) mass is 317 g/mol. The maximum Gasteiger partial charge on any atom is 0.318 e. The number of urea groups is 1. The number of imide groups is 1. The number of halogens is 1. The van der Waals surface area contributed by atoms with Gasteiger partial charge in [0.25, 0.3) is 0 Å². The highest BCUT2D eigenvalue weighted by atomic mass is 19.1. The van der Waals surface area contributed by atoms with Crippen molar-refractivity contribution in [3.8, 4) is 11.5 Å². The highest BCUT2D eigenvalue weighted by molar-refractivity contribution is 5.97. The van der Waals surface area contributed by atoms with E-state index < -0.39 is 18.0 Å². The van der Waals surface area contributed by atoms with Crippen LogP contribution >= 0.6 is 0 Å². The van der Waals surface area contributed by atoms with Crippen molar-refractivity contribution in [3.05, 3.63) is 54.3 Å². The number of amides is 3. The molecule has 120 valence electrons. The van der Waals surface area contributed by atoms with Crippen LogP contribution in [-0.2, 0) is 4.79 Å². The molecule has 0 radical (unpaired) electrons. The van der Waals surface area contributed by atoms with Crippen molar-refractivity contribution in [2.75, 3.05) is 5.32 Å². The number of carbonyl (C=O) groups excluding carboxylic acids is 2.